The van der Waals surface area contributed by atoms with Crippen LogP contribution in [0.4, 0.5) is 0 Å². The van der Waals surface area contributed by atoms with Crippen LogP contribution in [0, 0.1) is 5.92 Å². The number of pyridine rings is 2. The first-order valence-corrected chi connectivity index (χ1v) is 9.98. The summed E-state index contributed by atoms with van der Waals surface area (Å²) in [4.78, 5) is 37.9. The van der Waals surface area contributed by atoms with Crippen molar-refractivity contribution in [1.29, 1.82) is 0 Å². The van der Waals surface area contributed by atoms with E-state index in [0.29, 0.717) is 31.1 Å². The maximum atomic E-state index is 13.0. The molecule has 2 aromatic rings. The molecular weight excluding hydrogens is 368 g/mol. The molecule has 0 aromatic carbocycles. The quantitative estimate of drug-likeness (QED) is 0.751. The van der Waals surface area contributed by atoms with Gasteiger partial charge in [-0.05, 0) is 30.5 Å². The fourth-order valence-electron chi connectivity index (χ4n) is 3.61. The Hall–Kier alpha value is -2.96. The number of amides is 2. The maximum absolute atomic E-state index is 13.0. The van der Waals surface area contributed by atoms with Crippen molar-refractivity contribution in [3.05, 3.63) is 54.0 Å². The molecule has 3 heterocycles. The van der Waals surface area contributed by atoms with Crippen LogP contribution in [0.5, 0.6) is 5.88 Å². The molecule has 0 bridgehead atoms. The minimum Gasteiger partial charge on any atom is -0.481 e. The number of aromatic nitrogens is 2. The number of likely N-dealkylation sites (tertiary alicyclic amines) is 1. The number of ether oxygens (including phenoxy) is 1. The molecule has 0 N–H and O–H groups in total. The first kappa shape index (κ1) is 20.8. The summed E-state index contributed by atoms with van der Waals surface area (Å²) in [5, 5.41) is 0. The van der Waals surface area contributed by atoms with E-state index in [-0.39, 0.29) is 23.8 Å². The SMILES string of the molecule is COc1ccc(C(=O)N2CCCC(N(Cc3cccnc3)C(=O)C(C)C)C2)cn1. The third kappa shape index (κ3) is 5.10. The second-order valence-corrected chi connectivity index (χ2v) is 7.62. The molecule has 1 atom stereocenters. The molecule has 154 valence electrons. The molecule has 3 rings (SSSR count). The van der Waals surface area contributed by atoms with E-state index >= 15 is 0 Å². The molecule has 1 saturated heterocycles. The zero-order chi connectivity index (χ0) is 20.8. The van der Waals surface area contributed by atoms with Crippen molar-refractivity contribution >= 4 is 11.8 Å². The lowest BCUT2D eigenvalue weighted by Gasteiger charge is -2.40. The molecule has 0 radical (unpaired) electrons. The van der Waals surface area contributed by atoms with Gasteiger partial charge in [0.25, 0.3) is 5.91 Å². The number of piperidine rings is 1. The average molecular weight is 396 g/mol. The van der Waals surface area contributed by atoms with E-state index in [9.17, 15) is 9.59 Å². The Balaban J connectivity index is 1.76. The van der Waals surface area contributed by atoms with Crippen LogP contribution in [0.15, 0.2) is 42.9 Å². The van der Waals surface area contributed by atoms with Crippen LogP contribution in [0.2, 0.25) is 0 Å². The number of methoxy groups -OCH3 is 1. The monoisotopic (exact) mass is 396 g/mol. The lowest BCUT2D eigenvalue weighted by Crippen LogP contribution is -2.52. The van der Waals surface area contributed by atoms with E-state index in [2.05, 4.69) is 9.97 Å². The van der Waals surface area contributed by atoms with Crippen LogP contribution in [0.25, 0.3) is 0 Å². The lowest BCUT2D eigenvalue weighted by molar-refractivity contribution is -0.138. The Morgan fingerprint density at radius 2 is 2.10 bits per heavy atom. The number of hydrogen-bond donors (Lipinski definition) is 0. The summed E-state index contributed by atoms with van der Waals surface area (Å²) in [5.74, 6) is 0.397. The van der Waals surface area contributed by atoms with Gasteiger partial charge in [0.15, 0.2) is 0 Å². The summed E-state index contributed by atoms with van der Waals surface area (Å²) in [6, 6.07) is 7.24. The van der Waals surface area contributed by atoms with Gasteiger partial charge in [-0.2, -0.15) is 0 Å². The van der Waals surface area contributed by atoms with Crippen LogP contribution in [0.3, 0.4) is 0 Å². The largest absolute Gasteiger partial charge is 0.481 e. The van der Waals surface area contributed by atoms with Gasteiger partial charge >= 0.3 is 0 Å². The molecule has 1 aliphatic rings. The minimum absolute atomic E-state index is 0.0194. The highest BCUT2D eigenvalue weighted by molar-refractivity contribution is 5.94. The van der Waals surface area contributed by atoms with E-state index in [0.717, 1.165) is 18.4 Å². The van der Waals surface area contributed by atoms with Gasteiger partial charge in [0.05, 0.1) is 12.7 Å². The highest BCUT2D eigenvalue weighted by Gasteiger charge is 2.32. The number of rotatable bonds is 6. The Labute approximate surface area is 171 Å². The van der Waals surface area contributed by atoms with E-state index in [1.165, 1.54) is 6.20 Å². The van der Waals surface area contributed by atoms with Crippen LogP contribution >= 0.6 is 0 Å². The summed E-state index contributed by atoms with van der Waals surface area (Å²) >= 11 is 0. The third-order valence-corrected chi connectivity index (χ3v) is 5.17. The average Bonchev–Trinajstić information content (AvgIpc) is 2.77. The predicted octanol–water partition coefficient (Wildman–Crippen LogP) is 2.77. The third-order valence-electron chi connectivity index (χ3n) is 5.17. The molecule has 0 saturated carbocycles. The summed E-state index contributed by atoms with van der Waals surface area (Å²) in [7, 11) is 1.54. The Bertz CT molecular complexity index is 824. The van der Waals surface area contributed by atoms with Gasteiger partial charge in [0.1, 0.15) is 0 Å². The van der Waals surface area contributed by atoms with Crippen molar-refractivity contribution in [3.63, 3.8) is 0 Å². The summed E-state index contributed by atoms with van der Waals surface area (Å²) in [5.41, 5.74) is 1.52. The molecule has 0 spiro atoms. The first-order valence-electron chi connectivity index (χ1n) is 9.98. The highest BCUT2D eigenvalue weighted by Crippen LogP contribution is 2.22. The molecule has 1 aliphatic heterocycles. The second-order valence-electron chi connectivity index (χ2n) is 7.62. The van der Waals surface area contributed by atoms with Crippen LogP contribution < -0.4 is 4.74 Å². The number of carbonyl (C=O) groups excluding carboxylic acids is 2. The van der Waals surface area contributed by atoms with Crippen molar-refractivity contribution in [2.24, 2.45) is 5.92 Å². The topological polar surface area (TPSA) is 75.6 Å². The molecule has 1 fully saturated rings. The minimum atomic E-state index is -0.108. The van der Waals surface area contributed by atoms with Crippen molar-refractivity contribution in [1.82, 2.24) is 19.8 Å². The molecule has 0 aliphatic carbocycles. The van der Waals surface area contributed by atoms with E-state index in [1.807, 2.05) is 35.8 Å². The fourth-order valence-corrected chi connectivity index (χ4v) is 3.61. The summed E-state index contributed by atoms with van der Waals surface area (Å²) < 4.78 is 5.06. The molecular formula is C22H28N4O3. The van der Waals surface area contributed by atoms with Gasteiger partial charge in [0, 0.05) is 56.3 Å². The predicted molar refractivity (Wildman–Crippen MR) is 109 cm³/mol. The first-order chi connectivity index (χ1) is 14.0. The zero-order valence-corrected chi connectivity index (χ0v) is 17.2. The van der Waals surface area contributed by atoms with Gasteiger partial charge < -0.3 is 14.5 Å². The van der Waals surface area contributed by atoms with Crippen LogP contribution in [-0.2, 0) is 11.3 Å². The van der Waals surface area contributed by atoms with Gasteiger partial charge in [-0.3, -0.25) is 14.6 Å². The van der Waals surface area contributed by atoms with Crippen LogP contribution in [-0.4, -0.2) is 57.8 Å². The van der Waals surface area contributed by atoms with Gasteiger partial charge in [0.2, 0.25) is 11.8 Å². The molecule has 1 unspecified atom stereocenters. The Morgan fingerprint density at radius 3 is 2.72 bits per heavy atom. The Morgan fingerprint density at radius 1 is 1.28 bits per heavy atom. The van der Waals surface area contributed by atoms with Gasteiger partial charge in [-0.15, -0.1) is 0 Å². The van der Waals surface area contributed by atoms with Crippen LogP contribution in [0.1, 0.15) is 42.6 Å². The van der Waals surface area contributed by atoms with Crippen molar-refractivity contribution in [2.75, 3.05) is 20.2 Å². The van der Waals surface area contributed by atoms with E-state index < -0.39 is 0 Å². The molecule has 29 heavy (non-hydrogen) atoms. The van der Waals surface area contributed by atoms with Gasteiger partial charge in [-0.25, -0.2) is 4.98 Å². The van der Waals surface area contributed by atoms with E-state index in [1.54, 1.807) is 31.6 Å². The number of carbonyl (C=O) groups is 2. The van der Waals surface area contributed by atoms with E-state index in [4.69, 9.17) is 4.74 Å². The lowest BCUT2D eigenvalue weighted by atomic mass is 10.0. The van der Waals surface area contributed by atoms with Crippen molar-refractivity contribution in [2.45, 2.75) is 39.3 Å². The maximum Gasteiger partial charge on any atom is 0.255 e. The standard InChI is InChI=1S/C22H28N4O3/c1-16(2)21(27)26(14-17-6-4-10-23-12-17)19-7-5-11-25(15-19)22(28)18-8-9-20(29-3)24-13-18/h4,6,8-10,12-13,16,19H,5,7,11,14-15H2,1-3H3. The Kier molecular flexibility index (Phi) is 6.80. The smallest absolute Gasteiger partial charge is 0.255 e. The summed E-state index contributed by atoms with van der Waals surface area (Å²) in [6.07, 6.45) is 6.78. The van der Waals surface area contributed by atoms with Gasteiger partial charge in [-0.1, -0.05) is 19.9 Å². The number of hydrogen-bond acceptors (Lipinski definition) is 5. The molecule has 7 heteroatoms. The van der Waals surface area contributed by atoms with Crippen molar-refractivity contribution < 1.29 is 14.3 Å². The highest BCUT2D eigenvalue weighted by atomic mass is 16.5. The number of nitrogens with zero attached hydrogens (tertiary/aromatic N) is 4. The second kappa shape index (κ2) is 9.49. The summed E-state index contributed by atoms with van der Waals surface area (Å²) in [6.45, 7) is 5.52. The molecule has 2 aromatic heterocycles. The molecule has 7 nitrogen and oxygen atoms in total. The zero-order valence-electron chi connectivity index (χ0n) is 17.2. The molecule has 2 amide bonds. The normalized spacial score (nSPS) is 16.6. The fraction of sp³-hybridized carbons (Fsp3) is 0.455. The van der Waals surface area contributed by atoms with Crippen molar-refractivity contribution in [3.8, 4) is 5.88 Å².